The number of hydrogen-bond donors (Lipinski definition) is 1. The molecule has 1 N–H and O–H groups in total. The fourth-order valence-electron chi connectivity index (χ4n) is 2.12. The number of H-pyrrole nitrogens is 1. The molecule has 0 radical (unpaired) electrons. The molecule has 1 aromatic carbocycles. The molecular formula is C15H19N3O. The van der Waals surface area contributed by atoms with E-state index >= 15 is 0 Å². The van der Waals surface area contributed by atoms with E-state index in [9.17, 15) is 4.79 Å². The first-order valence-corrected chi connectivity index (χ1v) is 6.46. The van der Waals surface area contributed by atoms with Gasteiger partial charge in [-0.3, -0.25) is 9.78 Å². The van der Waals surface area contributed by atoms with Crippen molar-refractivity contribution in [3.63, 3.8) is 0 Å². The van der Waals surface area contributed by atoms with Crippen molar-refractivity contribution in [1.29, 1.82) is 0 Å². The summed E-state index contributed by atoms with van der Waals surface area (Å²) in [6.07, 6.45) is 0.705. The van der Waals surface area contributed by atoms with Crippen molar-refractivity contribution in [2.45, 2.75) is 26.8 Å². The van der Waals surface area contributed by atoms with Crippen LogP contribution in [0.25, 0.3) is 0 Å². The van der Waals surface area contributed by atoms with E-state index in [0.717, 1.165) is 11.3 Å². The van der Waals surface area contributed by atoms with E-state index in [-0.39, 0.29) is 5.56 Å². The van der Waals surface area contributed by atoms with Crippen LogP contribution in [0, 0.1) is 6.92 Å². The summed E-state index contributed by atoms with van der Waals surface area (Å²) in [4.78, 5) is 21.2. The molecule has 2 rings (SSSR count). The quantitative estimate of drug-likeness (QED) is 0.914. The van der Waals surface area contributed by atoms with Crippen molar-refractivity contribution in [1.82, 2.24) is 9.97 Å². The third-order valence-electron chi connectivity index (χ3n) is 3.19. The molecule has 2 aromatic rings. The van der Waals surface area contributed by atoms with Gasteiger partial charge < -0.3 is 4.90 Å². The van der Waals surface area contributed by atoms with Gasteiger partial charge in [0, 0.05) is 24.8 Å². The molecule has 0 saturated carbocycles. The third-order valence-corrected chi connectivity index (χ3v) is 3.19. The first-order valence-electron chi connectivity index (χ1n) is 6.46. The first kappa shape index (κ1) is 13.3. The normalized spacial score (nSPS) is 10.5. The molecule has 0 unspecified atom stereocenters. The number of benzene rings is 1. The van der Waals surface area contributed by atoms with Crippen LogP contribution in [0.1, 0.15) is 23.7 Å². The van der Waals surface area contributed by atoms with Crippen LogP contribution < -0.4 is 10.5 Å². The second kappa shape index (κ2) is 5.69. The molecule has 0 amide bonds. The van der Waals surface area contributed by atoms with Gasteiger partial charge in [0.05, 0.1) is 0 Å². The van der Waals surface area contributed by atoms with Crippen molar-refractivity contribution in [2.24, 2.45) is 0 Å². The number of aryl methyl sites for hydroxylation is 1. The summed E-state index contributed by atoms with van der Waals surface area (Å²) in [5.41, 5.74) is 2.72. The maximum Gasteiger partial charge on any atom is 0.255 e. The third kappa shape index (κ3) is 3.02. The smallest absolute Gasteiger partial charge is 0.255 e. The molecule has 1 aromatic heterocycles. The first-order chi connectivity index (χ1) is 9.11. The Morgan fingerprint density at radius 1 is 1.26 bits per heavy atom. The Balaban J connectivity index is 2.25. The Bertz CT molecular complexity index is 605. The second-order valence-electron chi connectivity index (χ2n) is 4.65. The summed E-state index contributed by atoms with van der Waals surface area (Å²) in [7, 11) is 1.93. The summed E-state index contributed by atoms with van der Waals surface area (Å²) in [6.45, 7) is 4.56. The molecule has 0 saturated heterocycles. The molecule has 4 nitrogen and oxygen atoms in total. The summed E-state index contributed by atoms with van der Waals surface area (Å²) in [5, 5.41) is 0. The Morgan fingerprint density at radius 2 is 1.95 bits per heavy atom. The average Bonchev–Trinajstić information content (AvgIpc) is 2.39. The second-order valence-corrected chi connectivity index (χ2v) is 4.65. The highest BCUT2D eigenvalue weighted by Gasteiger charge is 2.09. The highest BCUT2D eigenvalue weighted by atomic mass is 16.1. The van der Waals surface area contributed by atoms with Crippen molar-refractivity contribution in [2.75, 3.05) is 11.9 Å². The van der Waals surface area contributed by atoms with Crippen molar-refractivity contribution >= 4 is 5.95 Å². The fraction of sp³-hybridized carbons (Fsp3) is 0.333. The number of hydrogen-bond acceptors (Lipinski definition) is 3. The molecule has 19 heavy (non-hydrogen) atoms. The van der Waals surface area contributed by atoms with E-state index in [1.807, 2.05) is 44.0 Å². The Labute approximate surface area is 113 Å². The minimum atomic E-state index is -0.0371. The highest BCUT2D eigenvalue weighted by Crippen LogP contribution is 2.10. The van der Waals surface area contributed by atoms with E-state index < -0.39 is 0 Å². The predicted molar refractivity (Wildman–Crippen MR) is 77.5 cm³/mol. The molecule has 0 bridgehead atoms. The lowest BCUT2D eigenvalue weighted by Gasteiger charge is -2.18. The van der Waals surface area contributed by atoms with E-state index in [1.165, 1.54) is 5.56 Å². The molecule has 0 spiro atoms. The summed E-state index contributed by atoms with van der Waals surface area (Å²) in [6, 6.07) is 10.1. The Hall–Kier alpha value is -2.10. The highest BCUT2D eigenvalue weighted by molar-refractivity contribution is 5.33. The monoisotopic (exact) mass is 257 g/mol. The van der Waals surface area contributed by atoms with Gasteiger partial charge in [-0.1, -0.05) is 37.3 Å². The molecule has 1 heterocycles. The number of aromatic amines is 1. The van der Waals surface area contributed by atoms with Crippen LogP contribution in [0.4, 0.5) is 5.95 Å². The van der Waals surface area contributed by atoms with Gasteiger partial charge in [0.15, 0.2) is 0 Å². The minimum absolute atomic E-state index is 0.0371. The van der Waals surface area contributed by atoms with Crippen LogP contribution in [0.15, 0.2) is 35.1 Å². The number of nitrogens with one attached hydrogen (secondary N) is 1. The molecule has 0 aliphatic heterocycles. The lowest BCUT2D eigenvalue weighted by molar-refractivity contribution is 0.838. The van der Waals surface area contributed by atoms with Gasteiger partial charge in [-0.25, -0.2) is 4.98 Å². The minimum Gasteiger partial charge on any atom is -0.341 e. The van der Waals surface area contributed by atoms with Gasteiger partial charge in [-0.15, -0.1) is 0 Å². The van der Waals surface area contributed by atoms with Crippen LogP contribution in [-0.4, -0.2) is 17.0 Å². The lowest BCUT2D eigenvalue weighted by Crippen LogP contribution is -2.25. The molecule has 0 aliphatic carbocycles. The zero-order chi connectivity index (χ0) is 13.8. The van der Waals surface area contributed by atoms with Crippen molar-refractivity contribution in [3.05, 3.63) is 57.5 Å². The molecule has 0 aliphatic rings. The largest absolute Gasteiger partial charge is 0.341 e. The maximum absolute atomic E-state index is 11.9. The molecule has 100 valence electrons. The van der Waals surface area contributed by atoms with Crippen LogP contribution in [-0.2, 0) is 13.0 Å². The fourth-order valence-corrected chi connectivity index (χ4v) is 2.12. The van der Waals surface area contributed by atoms with Crippen LogP contribution in [0.5, 0.6) is 0 Å². The molecular weight excluding hydrogens is 238 g/mol. The van der Waals surface area contributed by atoms with E-state index in [4.69, 9.17) is 0 Å². The Kier molecular flexibility index (Phi) is 4.00. The lowest BCUT2D eigenvalue weighted by atomic mass is 10.2. The van der Waals surface area contributed by atoms with Crippen LogP contribution in [0.2, 0.25) is 0 Å². The SMILES string of the molecule is CCc1c(C)nc(N(C)Cc2ccccc2)[nH]c1=O. The van der Waals surface area contributed by atoms with Gasteiger partial charge in [-0.05, 0) is 18.9 Å². The van der Waals surface area contributed by atoms with E-state index in [1.54, 1.807) is 0 Å². The zero-order valence-corrected chi connectivity index (χ0v) is 11.6. The molecule has 4 heteroatoms. The standard InChI is InChI=1S/C15H19N3O/c1-4-13-11(2)16-15(17-14(13)19)18(3)10-12-8-6-5-7-9-12/h5-9H,4,10H2,1-3H3,(H,16,17,19). The van der Waals surface area contributed by atoms with E-state index in [0.29, 0.717) is 18.9 Å². The van der Waals surface area contributed by atoms with Crippen LogP contribution in [0.3, 0.4) is 0 Å². The van der Waals surface area contributed by atoms with Gasteiger partial charge in [0.2, 0.25) is 5.95 Å². The van der Waals surface area contributed by atoms with Crippen molar-refractivity contribution in [3.8, 4) is 0 Å². The molecule has 0 fully saturated rings. The van der Waals surface area contributed by atoms with Gasteiger partial charge in [-0.2, -0.15) is 0 Å². The van der Waals surface area contributed by atoms with Gasteiger partial charge in [0.25, 0.3) is 5.56 Å². The predicted octanol–water partition coefficient (Wildman–Crippen LogP) is 2.28. The number of anilines is 1. The number of aromatic nitrogens is 2. The van der Waals surface area contributed by atoms with E-state index in [2.05, 4.69) is 22.1 Å². The summed E-state index contributed by atoms with van der Waals surface area (Å²) < 4.78 is 0. The zero-order valence-electron chi connectivity index (χ0n) is 11.6. The van der Waals surface area contributed by atoms with Crippen molar-refractivity contribution < 1.29 is 0 Å². The topological polar surface area (TPSA) is 49.0 Å². The summed E-state index contributed by atoms with van der Waals surface area (Å²) >= 11 is 0. The number of rotatable bonds is 4. The maximum atomic E-state index is 11.9. The van der Waals surface area contributed by atoms with Crippen LogP contribution >= 0.6 is 0 Å². The van der Waals surface area contributed by atoms with Gasteiger partial charge >= 0.3 is 0 Å². The average molecular weight is 257 g/mol. The summed E-state index contributed by atoms with van der Waals surface area (Å²) in [5.74, 6) is 0.614. The molecule has 0 atom stereocenters. The number of nitrogens with zero attached hydrogens (tertiary/aromatic N) is 2. The Morgan fingerprint density at radius 3 is 2.53 bits per heavy atom. The van der Waals surface area contributed by atoms with Gasteiger partial charge in [0.1, 0.15) is 0 Å².